The lowest BCUT2D eigenvalue weighted by Crippen LogP contribution is -2.38. The zero-order chi connectivity index (χ0) is 14.4. The average Bonchev–Trinajstić information content (AvgIpc) is 3.11. The molecule has 1 aromatic heterocycles. The van der Waals surface area contributed by atoms with Gasteiger partial charge < -0.3 is 10.0 Å². The van der Waals surface area contributed by atoms with Crippen molar-refractivity contribution in [3.05, 3.63) is 18.0 Å². The normalized spacial score (nSPS) is 28.4. The third-order valence-electron chi connectivity index (χ3n) is 4.45. The SMILES string of the molecule is CC(C)n1ccc(C(=O)N2C3CCC2C(C(=O)O)C3)n1. The Morgan fingerprint density at radius 3 is 2.70 bits per heavy atom. The highest BCUT2D eigenvalue weighted by Gasteiger charge is 2.51. The fraction of sp³-hybridized carbons (Fsp3) is 0.643. The van der Waals surface area contributed by atoms with Crippen molar-refractivity contribution in [2.24, 2.45) is 5.92 Å². The molecular weight excluding hydrogens is 258 g/mol. The highest BCUT2D eigenvalue weighted by molar-refractivity contribution is 5.93. The molecule has 1 aromatic rings. The lowest BCUT2D eigenvalue weighted by Gasteiger charge is -2.22. The molecule has 0 aromatic carbocycles. The molecule has 0 aliphatic carbocycles. The van der Waals surface area contributed by atoms with Crippen LogP contribution < -0.4 is 0 Å². The molecule has 2 bridgehead atoms. The molecule has 2 aliphatic rings. The number of carbonyl (C=O) groups excluding carboxylic acids is 1. The maximum Gasteiger partial charge on any atom is 0.308 e. The van der Waals surface area contributed by atoms with E-state index in [0.717, 1.165) is 12.8 Å². The molecule has 2 aliphatic heterocycles. The topological polar surface area (TPSA) is 75.4 Å². The van der Waals surface area contributed by atoms with E-state index in [0.29, 0.717) is 12.1 Å². The van der Waals surface area contributed by atoms with Crippen LogP contribution in [-0.4, -0.2) is 43.7 Å². The predicted octanol–water partition coefficient (Wildman–Crippen LogP) is 1.54. The number of aliphatic carboxylic acids is 1. The van der Waals surface area contributed by atoms with Crippen LogP contribution in [0.1, 0.15) is 49.6 Å². The van der Waals surface area contributed by atoms with E-state index in [1.807, 2.05) is 13.8 Å². The third kappa shape index (κ3) is 1.90. The summed E-state index contributed by atoms with van der Waals surface area (Å²) in [5, 5.41) is 13.5. The van der Waals surface area contributed by atoms with Crippen molar-refractivity contribution in [3.8, 4) is 0 Å². The van der Waals surface area contributed by atoms with Crippen LogP contribution in [0, 0.1) is 5.92 Å². The Labute approximate surface area is 117 Å². The van der Waals surface area contributed by atoms with Crippen LogP contribution in [0.15, 0.2) is 12.3 Å². The molecule has 3 rings (SSSR count). The van der Waals surface area contributed by atoms with Crippen LogP contribution in [0.4, 0.5) is 0 Å². The molecule has 2 fully saturated rings. The molecule has 2 saturated heterocycles. The summed E-state index contributed by atoms with van der Waals surface area (Å²) >= 11 is 0. The summed E-state index contributed by atoms with van der Waals surface area (Å²) in [6.07, 6.45) is 4.07. The van der Waals surface area contributed by atoms with Crippen LogP contribution in [0.2, 0.25) is 0 Å². The van der Waals surface area contributed by atoms with Gasteiger partial charge in [0.15, 0.2) is 0 Å². The van der Waals surface area contributed by atoms with Crippen molar-refractivity contribution < 1.29 is 14.7 Å². The summed E-state index contributed by atoms with van der Waals surface area (Å²) in [5.41, 5.74) is 0.418. The fourth-order valence-corrected chi connectivity index (χ4v) is 3.44. The van der Waals surface area contributed by atoms with Gasteiger partial charge in [0, 0.05) is 24.3 Å². The molecule has 0 radical (unpaired) electrons. The summed E-state index contributed by atoms with van der Waals surface area (Å²) in [6.45, 7) is 4.00. The van der Waals surface area contributed by atoms with Gasteiger partial charge in [0.25, 0.3) is 5.91 Å². The van der Waals surface area contributed by atoms with Crippen molar-refractivity contribution in [3.63, 3.8) is 0 Å². The van der Waals surface area contributed by atoms with Crippen molar-refractivity contribution >= 4 is 11.9 Å². The average molecular weight is 277 g/mol. The Morgan fingerprint density at radius 2 is 2.15 bits per heavy atom. The predicted molar refractivity (Wildman–Crippen MR) is 71.3 cm³/mol. The minimum atomic E-state index is -0.789. The summed E-state index contributed by atoms with van der Waals surface area (Å²) in [5.74, 6) is -1.33. The largest absolute Gasteiger partial charge is 0.481 e. The van der Waals surface area contributed by atoms with Gasteiger partial charge in [0.2, 0.25) is 0 Å². The Kier molecular flexibility index (Phi) is 3.03. The molecule has 1 amide bonds. The number of amides is 1. The van der Waals surface area contributed by atoms with Crippen LogP contribution in [0.25, 0.3) is 0 Å². The molecule has 108 valence electrons. The lowest BCUT2D eigenvalue weighted by molar-refractivity contribution is -0.142. The lowest BCUT2D eigenvalue weighted by atomic mass is 9.89. The zero-order valence-corrected chi connectivity index (χ0v) is 11.7. The molecule has 20 heavy (non-hydrogen) atoms. The van der Waals surface area contributed by atoms with Crippen LogP contribution in [0.3, 0.4) is 0 Å². The van der Waals surface area contributed by atoms with E-state index in [1.54, 1.807) is 21.8 Å². The van der Waals surface area contributed by atoms with Crippen molar-refractivity contribution in [2.45, 2.75) is 51.2 Å². The number of nitrogens with zero attached hydrogens (tertiary/aromatic N) is 3. The van der Waals surface area contributed by atoms with E-state index < -0.39 is 11.9 Å². The van der Waals surface area contributed by atoms with Crippen molar-refractivity contribution in [2.75, 3.05) is 0 Å². The summed E-state index contributed by atoms with van der Waals surface area (Å²) in [4.78, 5) is 25.6. The van der Waals surface area contributed by atoms with E-state index in [2.05, 4.69) is 5.10 Å². The second-order valence-electron chi connectivity index (χ2n) is 5.97. The highest BCUT2D eigenvalue weighted by atomic mass is 16.4. The van der Waals surface area contributed by atoms with Gasteiger partial charge in [0.05, 0.1) is 5.92 Å². The first kappa shape index (κ1) is 13.1. The number of carboxylic acid groups (broad SMARTS) is 1. The summed E-state index contributed by atoms with van der Waals surface area (Å²) in [7, 11) is 0. The molecule has 0 spiro atoms. The molecule has 3 heterocycles. The maximum atomic E-state index is 12.6. The Morgan fingerprint density at radius 1 is 1.40 bits per heavy atom. The Hall–Kier alpha value is -1.85. The first-order valence-electron chi connectivity index (χ1n) is 7.09. The number of rotatable bonds is 3. The second kappa shape index (κ2) is 4.61. The molecule has 6 heteroatoms. The van der Waals surface area contributed by atoms with Crippen LogP contribution in [-0.2, 0) is 4.79 Å². The molecular formula is C14H19N3O3. The van der Waals surface area contributed by atoms with E-state index in [9.17, 15) is 14.7 Å². The maximum absolute atomic E-state index is 12.6. The van der Waals surface area contributed by atoms with Crippen molar-refractivity contribution in [1.29, 1.82) is 0 Å². The number of aromatic nitrogens is 2. The van der Waals surface area contributed by atoms with Gasteiger partial charge in [-0.25, -0.2) is 0 Å². The minimum absolute atomic E-state index is 0.0674. The number of fused-ring (bicyclic) bond motifs is 2. The Balaban J connectivity index is 1.82. The Bertz CT molecular complexity index is 552. The first-order valence-corrected chi connectivity index (χ1v) is 7.09. The summed E-state index contributed by atoms with van der Waals surface area (Å²) in [6, 6.07) is 1.83. The number of hydrogen-bond acceptors (Lipinski definition) is 3. The quantitative estimate of drug-likeness (QED) is 0.909. The van der Waals surface area contributed by atoms with Gasteiger partial charge >= 0.3 is 5.97 Å². The van der Waals surface area contributed by atoms with E-state index in [-0.39, 0.29) is 24.0 Å². The van der Waals surface area contributed by atoms with E-state index in [1.165, 1.54) is 0 Å². The van der Waals surface area contributed by atoms with Gasteiger partial charge in [-0.05, 0) is 39.2 Å². The van der Waals surface area contributed by atoms with Crippen LogP contribution >= 0.6 is 0 Å². The van der Waals surface area contributed by atoms with Gasteiger partial charge in [-0.3, -0.25) is 14.3 Å². The van der Waals surface area contributed by atoms with Crippen LogP contribution in [0.5, 0.6) is 0 Å². The molecule has 0 saturated carbocycles. The van der Waals surface area contributed by atoms with Gasteiger partial charge in [-0.2, -0.15) is 5.10 Å². The second-order valence-corrected chi connectivity index (χ2v) is 5.97. The highest BCUT2D eigenvalue weighted by Crippen LogP contribution is 2.42. The van der Waals surface area contributed by atoms with E-state index >= 15 is 0 Å². The molecule has 6 nitrogen and oxygen atoms in total. The van der Waals surface area contributed by atoms with Crippen molar-refractivity contribution in [1.82, 2.24) is 14.7 Å². The van der Waals surface area contributed by atoms with Gasteiger partial charge in [0.1, 0.15) is 5.69 Å². The number of carbonyl (C=O) groups is 2. The number of hydrogen-bond donors (Lipinski definition) is 1. The number of carboxylic acids is 1. The minimum Gasteiger partial charge on any atom is -0.481 e. The van der Waals surface area contributed by atoms with Gasteiger partial charge in [-0.15, -0.1) is 0 Å². The molecule has 3 unspecified atom stereocenters. The first-order chi connectivity index (χ1) is 9.49. The standard InChI is InChI=1S/C14H19N3O3/c1-8(2)16-6-5-11(15-16)13(18)17-9-3-4-12(17)10(7-9)14(19)20/h5-6,8-10,12H,3-4,7H2,1-2H3,(H,19,20). The van der Waals surface area contributed by atoms with E-state index in [4.69, 9.17) is 0 Å². The third-order valence-corrected chi connectivity index (χ3v) is 4.45. The zero-order valence-electron chi connectivity index (χ0n) is 11.7. The molecule has 3 atom stereocenters. The monoisotopic (exact) mass is 277 g/mol. The van der Waals surface area contributed by atoms with Gasteiger partial charge in [-0.1, -0.05) is 0 Å². The fourth-order valence-electron chi connectivity index (χ4n) is 3.44. The smallest absolute Gasteiger partial charge is 0.308 e. The summed E-state index contributed by atoms with van der Waals surface area (Å²) < 4.78 is 1.75. The molecule has 1 N–H and O–H groups in total.